The van der Waals surface area contributed by atoms with Gasteiger partial charge in [-0.1, -0.05) is 0 Å². The number of rotatable bonds is 7. The number of carbonyl (C=O) groups is 2. The van der Waals surface area contributed by atoms with Crippen LogP contribution in [0.1, 0.15) is 20.0 Å². The first-order valence-electron chi connectivity index (χ1n) is 6.68. The van der Waals surface area contributed by atoms with Crippen LogP contribution in [0.3, 0.4) is 0 Å². The molecule has 26 heavy (non-hydrogen) atoms. The first kappa shape index (κ1) is 21.8. The van der Waals surface area contributed by atoms with Crippen LogP contribution in [-0.4, -0.2) is 31.3 Å². The third-order valence-corrected chi connectivity index (χ3v) is 4.30. The topological polar surface area (TPSA) is 139 Å². The van der Waals surface area contributed by atoms with Gasteiger partial charge in [-0.05, 0) is 6.07 Å². The smallest absolute Gasteiger partial charge is 0.280 e. The van der Waals surface area contributed by atoms with E-state index in [2.05, 4.69) is 0 Å². The molecule has 2 aromatic heterocycles. The Kier molecular flexibility index (Phi) is 7.50. The molecule has 13 heteroatoms. The lowest BCUT2D eigenvalue weighted by Crippen LogP contribution is -3.00. The maximum atomic E-state index is 12.2. The van der Waals surface area contributed by atoms with E-state index in [1.165, 1.54) is 34.3 Å². The molecule has 0 fully saturated rings. The lowest BCUT2D eigenvalue weighted by Gasteiger charge is -2.04. The number of Topliss-reactive ketones (excluding diaryl/α,β-unsaturated/α-hetero) is 1. The summed E-state index contributed by atoms with van der Waals surface area (Å²) in [6.45, 7) is -0.127. The van der Waals surface area contributed by atoms with Gasteiger partial charge in [0.15, 0.2) is 12.4 Å². The lowest BCUT2D eigenvalue weighted by molar-refractivity contribution is -0.683. The van der Waals surface area contributed by atoms with Crippen LogP contribution in [0.4, 0.5) is 5.69 Å². The van der Waals surface area contributed by atoms with Crippen molar-refractivity contribution in [3.63, 3.8) is 0 Å². The zero-order valence-corrected chi connectivity index (χ0v) is 16.4. The SMILES string of the molecule is CS(=O)(=O)NNC(=O)c1ccc[n+](CC(=O)c2cc([N+](=O)[O-])cs2)c1.[Br-]. The highest BCUT2D eigenvalue weighted by molar-refractivity contribution is 7.88. The molecule has 0 saturated carbocycles. The first-order valence-corrected chi connectivity index (χ1v) is 9.45. The number of hydrogen-bond acceptors (Lipinski definition) is 7. The number of sulfonamides is 1. The third-order valence-electron chi connectivity index (χ3n) is 2.87. The van der Waals surface area contributed by atoms with Crippen molar-refractivity contribution < 1.29 is 44.5 Å². The molecule has 0 aromatic carbocycles. The molecule has 1 amide bonds. The van der Waals surface area contributed by atoms with E-state index in [9.17, 15) is 28.1 Å². The summed E-state index contributed by atoms with van der Waals surface area (Å²) in [5, 5.41) is 11.9. The van der Waals surface area contributed by atoms with E-state index in [4.69, 9.17) is 0 Å². The summed E-state index contributed by atoms with van der Waals surface area (Å²) in [6, 6.07) is 4.15. The molecular formula is C13H13BrN4O6S2. The van der Waals surface area contributed by atoms with Gasteiger partial charge < -0.3 is 17.0 Å². The van der Waals surface area contributed by atoms with Crippen molar-refractivity contribution >= 4 is 38.7 Å². The second-order valence-corrected chi connectivity index (χ2v) is 7.60. The molecule has 140 valence electrons. The Hall–Kier alpha value is -2.22. The maximum Gasteiger partial charge on any atom is 0.280 e. The molecule has 0 aliphatic heterocycles. The Morgan fingerprint density at radius 2 is 2.08 bits per heavy atom. The molecule has 0 bridgehead atoms. The van der Waals surface area contributed by atoms with Crippen molar-refractivity contribution in [1.82, 2.24) is 10.3 Å². The summed E-state index contributed by atoms with van der Waals surface area (Å²) in [7, 11) is -3.59. The molecule has 0 aliphatic carbocycles. The van der Waals surface area contributed by atoms with Gasteiger partial charge in [-0.25, -0.2) is 8.42 Å². The molecule has 2 aromatic rings. The van der Waals surface area contributed by atoms with E-state index < -0.39 is 20.9 Å². The van der Waals surface area contributed by atoms with Gasteiger partial charge in [0.1, 0.15) is 5.56 Å². The van der Waals surface area contributed by atoms with Crippen molar-refractivity contribution in [3.8, 4) is 0 Å². The average Bonchev–Trinajstić information content (AvgIpc) is 3.02. The number of nitrogens with one attached hydrogen (secondary N) is 2. The number of carbonyl (C=O) groups excluding carboxylic acids is 2. The van der Waals surface area contributed by atoms with Gasteiger partial charge in [-0.15, -0.1) is 16.2 Å². The number of thiophene rings is 1. The van der Waals surface area contributed by atoms with E-state index in [1.54, 1.807) is 6.20 Å². The summed E-state index contributed by atoms with van der Waals surface area (Å²) in [5.74, 6) is -1.05. The Balaban J connectivity index is 0.00000338. The average molecular weight is 465 g/mol. The van der Waals surface area contributed by atoms with Crippen molar-refractivity contribution in [1.29, 1.82) is 0 Å². The van der Waals surface area contributed by atoms with Crippen LogP contribution < -0.4 is 31.8 Å². The van der Waals surface area contributed by atoms with E-state index in [1.807, 2.05) is 10.3 Å². The zero-order valence-electron chi connectivity index (χ0n) is 13.2. The highest BCUT2D eigenvalue weighted by Gasteiger charge is 2.19. The largest absolute Gasteiger partial charge is 1.00 e. The molecular weight excluding hydrogens is 452 g/mol. The first-order chi connectivity index (χ1) is 11.7. The number of hydrazine groups is 1. The molecule has 0 aliphatic rings. The summed E-state index contributed by atoms with van der Waals surface area (Å²) in [5.41, 5.74) is 1.99. The maximum absolute atomic E-state index is 12.2. The highest BCUT2D eigenvalue weighted by Crippen LogP contribution is 2.21. The number of halogens is 1. The van der Waals surface area contributed by atoms with E-state index in [0.29, 0.717) is 0 Å². The Morgan fingerprint density at radius 1 is 1.38 bits per heavy atom. The van der Waals surface area contributed by atoms with Crippen molar-refractivity contribution in [2.24, 2.45) is 0 Å². The highest BCUT2D eigenvalue weighted by atomic mass is 79.9. The molecule has 0 spiro atoms. The Morgan fingerprint density at radius 3 is 2.65 bits per heavy atom. The molecule has 0 atom stereocenters. The van der Waals surface area contributed by atoms with Crippen LogP contribution in [0, 0.1) is 10.1 Å². The standard InChI is InChI=1S/C13H12N4O6S2.BrH/c1-25(22,23)15-14-13(19)9-3-2-4-16(6-9)7-11(18)12-5-10(8-24-12)17(20)21;/h2-6,8,15H,7H2,1H3;1H. The van der Waals surface area contributed by atoms with Crippen molar-refractivity contribution in [2.45, 2.75) is 6.54 Å². The van der Waals surface area contributed by atoms with Gasteiger partial charge >= 0.3 is 0 Å². The molecule has 0 unspecified atom stereocenters. The van der Waals surface area contributed by atoms with E-state index in [0.717, 1.165) is 17.6 Å². The normalized spacial score (nSPS) is 10.7. The van der Waals surface area contributed by atoms with Gasteiger partial charge in [-0.3, -0.25) is 25.1 Å². The fourth-order valence-electron chi connectivity index (χ4n) is 1.78. The minimum Gasteiger partial charge on any atom is -1.00 e. The van der Waals surface area contributed by atoms with Crippen LogP contribution in [-0.2, 0) is 16.6 Å². The van der Waals surface area contributed by atoms with Crippen LogP contribution in [0.5, 0.6) is 0 Å². The second kappa shape index (κ2) is 8.93. The quantitative estimate of drug-likeness (QED) is 0.194. The van der Waals surface area contributed by atoms with E-state index >= 15 is 0 Å². The lowest BCUT2D eigenvalue weighted by atomic mass is 10.2. The number of pyridine rings is 1. The number of nitrogens with zero attached hydrogens (tertiary/aromatic N) is 2. The van der Waals surface area contributed by atoms with E-state index in [-0.39, 0.29) is 45.4 Å². The molecule has 2 rings (SSSR count). The summed E-state index contributed by atoms with van der Waals surface area (Å²) in [4.78, 5) is 36.2. The number of ketones is 1. The molecule has 2 N–H and O–H groups in total. The number of amides is 1. The summed E-state index contributed by atoms with van der Waals surface area (Å²) in [6.07, 6.45) is 3.79. The van der Waals surface area contributed by atoms with Crippen molar-refractivity contribution in [2.75, 3.05) is 6.26 Å². The molecule has 2 heterocycles. The van der Waals surface area contributed by atoms with Gasteiger partial charge in [0.2, 0.25) is 22.4 Å². The van der Waals surface area contributed by atoms with Crippen LogP contribution in [0.15, 0.2) is 36.0 Å². The van der Waals surface area contributed by atoms with Gasteiger partial charge in [-0.2, -0.15) is 4.57 Å². The molecule has 10 nitrogen and oxygen atoms in total. The summed E-state index contributed by atoms with van der Waals surface area (Å²) < 4.78 is 23.3. The minimum atomic E-state index is -3.59. The van der Waals surface area contributed by atoms with Gasteiger partial charge in [0.25, 0.3) is 11.6 Å². The predicted molar refractivity (Wildman–Crippen MR) is 87.4 cm³/mol. The van der Waals surface area contributed by atoms with Crippen molar-refractivity contribution in [3.05, 3.63) is 56.5 Å². The molecule has 0 saturated heterocycles. The second-order valence-electron chi connectivity index (χ2n) is 4.94. The number of aromatic nitrogens is 1. The molecule has 0 radical (unpaired) electrons. The minimum absolute atomic E-state index is 0. The van der Waals surface area contributed by atoms with Crippen LogP contribution in [0.25, 0.3) is 0 Å². The fourth-order valence-corrected chi connectivity index (χ4v) is 2.84. The van der Waals surface area contributed by atoms with Crippen LogP contribution in [0.2, 0.25) is 0 Å². The fraction of sp³-hybridized carbons (Fsp3) is 0.154. The third kappa shape index (κ3) is 6.25. The van der Waals surface area contributed by atoms with Gasteiger partial charge in [0, 0.05) is 12.1 Å². The Bertz CT molecular complexity index is 944. The number of nitro groups is 1. The summed E-state index contributed by atoms with van der Waals surface area (Å²) >= 11 is 0.966. The van der Waals surface area contributed by atoms with Gasteiger partial charge in [0.05, 0.1) is 21.4 Å². The zero-order chi connectivity index (χ0) is 18.6. The monoisotopic (exact) mass is 464 g/mol. The number of hydrogen-bond donors (Lipinski definition) is 2. The van der Waals surface area contributed by atoms with Crippen LogP contribution >= 0.6 is 11.3 Å². The Labute approximate surface area is 162 Å². The predicted octanol–water partition coefficient (Wildman–Crippen LogP) is -2.98.